The van der Waals surface area contributed by atoms with Gasteiger partial charge in [-0.15, -0.1) is 0 Å². The highest BCUT2D eigenvalue weighted by atomic mass is 35.5. The minimum Gasteiger partial charge on any atom is -0.218 e. The molecule has 0 saturated heterocycles. The summed E-state index contributed by atoms with van der Waals surface area (Å²) in [6, 6.07) is 8.23. The SMILES string of the molecule is Cc1ccc(S(=O)(=O)c2ccc(S(=O)(=O)N(F)F)cc2Cl)cc1. The summed E-state index contributed by atoms with van der Waals surface area (Å²) < 4.78 is 70.3. The van der Waals surface area contributed by atoms with Crippen LogP contribution in [0.3, 0.4) is 0 Å². The third kappa shape index (κ3) is 3.37. The van der Waals surface area contributed by atoms with Crippen LogP contribution in [0.1, 0.15) is 5.56 Å². The van der Waals surface area contributed by atoms with Gasteiger partial charge in [0.1, 0.15) is 4.75 Å². The van der Waals surface area contributed by atoms with Crippen molar-refractivity contribution in [3.63, 3.8) is 0 Å². The number of sulfonamides is 1. The fourth-order valence-electron chi connectivity index (χ4n) is 1.78. The van der Waals surface area contributed by atoms with Crippen LogP contribution in [0.15, 0.2) is 57.2 Å². The Bertz CT molecular complexity index is 942. The normalized spacial score (nSPS) is 12.6. The maximum Gasteiger partial charge on any atom is 0.297 e. The number of hydrogen-bond acceptors (Lipinski definition) is 4. The van der Waals surface area contributed by atoms with Gasteiger partial charge in [0.05, 0.1) is 19.7 Å². The van der Waals surface area contributed by atoms with E-state index < -0.39 is 34.5 Å². The van der Waals surface area contributed by atoms with Gasteiger partial charge in [-0.1, -0.05) is 38.3 Å². The molecule has 0 heterocycles. The van der Waals surface area contributed by atoms with Crippen LogP contribution in [0.25, 0.3) is 0 Å². The third-order valence-electron chi connectivity index (χ3n) is 3.00. The van der Waals surface area contributed by atoms with E-state index in [1.807, 2.05) is 0 Å². The molecule has 0 atom stereocenters. The number of benzene rings is 2. The molecule has 0 aliphatic carbocycles. The zero-order chi connectivity index (χ0) is 17.4. The average molecular weight is 382 g/mol. The van der Waals surface area contributed by atoms with Crippen molar-refractivity contribution in [3.05, 3.63) is 53.1 Å². The molecule has 0 spiro atoms. The van der Waals surface area contributed by atoms with Crippen molar-refractivity contribution in [2.45, 2.75) is 21.6 Å². The molecule has 2 rings (SSSR count). The van der Waals surface area contributed by atoms with Crippen LogP contribution in [0.4, 0.5) is 8.96 Å². The number of nitrogens with zero attached hydrogens (tertiary/aromatic N) is 1. The Morgan fingerprint density at radius 3 is 1.91 bits per heavy atom. The number of rotatable bonds is 4. The minimum absolute atomic E-state index is 0.0433. The van der Waals surface area contributed by atoms with Crippen LogP contribution in [0.2, 0.25) is 5.02 Å². The lowest BCUT2D eigenvalue weighted by molar-refractivity contribution is -0.0538. The number of halogens is 3. The summed E-state index contributed by atoms with van der Waals surface area (Å²) in [5.74, 6) is 0. The quantitative estimate of drug-likeness (QED) is 0.762. The number of sulfone groups is 1. The van der Waals surface area contributed by atoms with E-state index in [-0.39, 0.29) is 9.79 Å². The monoisotopic (exact) mass is 381 g/mol. The standard InChI is InChI=1S/C13H10ClF2NO4S2/c1-9-2-4-10(5-3-9)22(18,19)13-7-6-11(8-12(13)14)23(20,21)17(15)16/h2-8H,1H3. The smallest absolute Gasteiger partial charge is 0.218 e. The molecule has 0 fully saturated rings. The highest BCUT2D eigenvalue weighted by Gasteiger charge is 2.28. The van der Waals surface area contributed by atoms with E-state index in [2.05, 4.69) is 0 Å². The summed E-state index contributed by atoms with van der Waals surface area (Å²) in [6.45, 7) is 1.78. The van der Waals surface area contributed by atoms with Gasteiger partial charge in [-0.2, -0.15) is 0 Å². The second-order valence-corrected chi connectivity index (χ2v) is 8.61. The maximum atomic E-state index is 12.5. The third-order valence-corrected chi connectivity index (χ3v) is 6.47. The highest BCUT2D eigenvalue weighted by Crippen LogP contribution is 2.30. The molecule has 124 valence electrons. The zero-order valence-electron chi connectivity index (χ0n) is 11.6. The molecule has 2 aromatic carbocycles. The molecule has 2 aromatic rings. The van der Waals surface area contributed by atoms with Gasteiger partial charge in [0.15, 0.2) is 0 Å². The molecule has 0 radical (unpaired) electrons. The van der Waals surface area contributed by atoms with E-state index in [0.717, 1.165) is 17.7 Å². The van der Waals surface area contributed by atoms with Crippen molar-refractivity contribution < 1.29 is 25.8 Å². The minimum atomic E-state index is -5.01. The first kappa shape index (κ1) is 17.8. The zero-order valence-corrected chi connectivity index (χ0v) is 14.0. The molecule has 0 saturated carbocycles. The lowest BCUT2D eigenvalue weighted by Gasteiger charge is -2.09. The van der Waals surface area contributed by atoms with Crippen molar-refractivity contribution in [1.82, 2.24) is 4.75 Å². The Morgan fingerprint density at radius 2 is 1.43 bits per heavy atom. The predicted molar refractivity (Wildman–Crippen MR) is 79.3 cm³/mol. The molecule has 0 amide bonds. The fourth-order valence-corrected chi connectivity index (χ4v) is 4.31. The van der Waals surface area contributed by atoms with Gasteiger partial charge in [-0.05, 0) is 37.3 Å². The first-order valence-electron chi connectivity index (χ1n) is 6.05. The van der Waals surface area contributed by atoms with Gasteiger partial charge >= 0.3 is 0 Å². The van der Waals surface area contributed by atoms with Gasteiger partial charge in [0.2, 0.25) is 9.84 Å². The fraction of sp³-hybridized carbons (Fsp3) is 0.0769. The maximum absolute atomic E-state index is 12.5. The van der Waals surface area contributed by atoms with Crippen LogP contribution >= 0.6 is 11.6 Å². The molecule has 0 unspecified atom stereocenters. The number of hydrogen-bond donors (Lipinski definition) is 0. The van der Waals surface area contributed by atoms with Gasteiger partial charge in [0.25, 0.3) is 10.0 Å². The van der Waals surface area contributed by atoms with Crippen LogP contribution < -0.4 is 0 Å². The summed E-state index contributed by atoms with van der Waals surface area (Å²) in [7, 11) is -9.01. The molecule has 10 heteroatoms. The molecule has 23 heavy (non-hydrogen) atoms. The van der Waals surface area contributed by atoms with Crippen LogP contribution in [0.5, 0.6) is 0 Å². The van der Waals surface area contributed by atoms with E-state index in [4.69, 9.17) is 11.6 Å². The van der Waals surface area contributed by atoms with Gasteiger partial charge in [-0.25, -0.2) is 16.8 Å². The van der Waals surface area contributed by atoms with Crippen LogP contribution in [-0.2, 0) is 19.9 Å². The molecule has 0 aliphatic heterocycles. The Balaban J connectivity index is 2.56. The lowest BCUT2D eigenvalue weighted by atomic mass is 10.2. The van der Waals surface area contributed by atoms with Gasteiger partial charge in [0, 0.05) is 0 Å². The summed E-state index contributed by atoms with van der Waals surface area (Å²) in [5, 5.41) is -0.464. The number of aryl methyl sites for hydroxylation is 1. The Morgan fingerprint density at radius 1 is 0.913 bits per heavy atom. The second kappa shape index (κ2) is 6.16. The second-order valence-electron chi connectivity index (χ2n) is 4.59. The molecule has 5 nitrogen and oxygen atoms in total. The van der Waals surface area contributed by atoms with Gasteiger partial charge in [-0.3, -0.25) is 0 Å². The average Bonchev–Trinajstić information content (AvgIpc) is 2.47. The Hall–Kier alpha value is -1.55. The van der Waals surface area contributed by atoms with E-state index in [1.54, 1.807) is 19.1 Å². The Kier molecular flexibility index (Phi) is 4.76. The highest BCUT2D eigenvalue weighted by molar-refractivity contribution is 7.91. The molecule has 0 bridgehead atoms. The summed E-state index contributed by atoms with van der Waals surface area (Å²) in [5.41, 5.74) is 0.850. The lowest BCUT2D eigenvalue weighted by Crippen LogP contribution is -2.15. The van der Waals surface area contributed by atoms with E-state index in [9.17, 15) is 25.8 Å². The predicted octanol–water partition coefficient (Wildman–Crippen LogP) is 3.24. The molecule has 0 aromatic heterocycles. The largest absolute Gasteiger partial charge is 0.297 e. The molecular weight excluding hydrogens is 372 g/mol. The molecular formula is C13H10ClF2NO4S2. The van der Waals surface area contributed by atoms with Crippen molar-refractivity contribution in [3.8, 4) is 0 Å². The van der Waals surface area contributed by atoms with Crippen molar-refractivity contribution in [2.75, 3.05) is 0 Å². The van der Waals surface area contributed by atoms with Crippen molar-refractivity contribution in [2.24, 2.45) is 0 Å². The first-order chi connectivity index (χ1) is 10.6. The van der Waals surface area contributed by atoms with Crippen LogP contribution in [-0.4, -0.2) is 21.6 Å². The van der Waals surface area contributed by atoms with Crippen LogP contribution in [0, 0.1) is 6.92 Å². The van der Waals surface area contributed by atoms with Crippen molar-refractivity contribution in [1.29, 1.82) is 0 Å². The Labute approximate surface area is 137 Å². The molecule has 0 N–H and O–H groups in total. The van der Waals surface area contributed by atoms with Gasteiger partial charge < -0.3 is 0 Å². The topological polar surface area (TPSA) is 71.5 Å². The van der Waals surface area contributed by atoms with E-state index in [0.29, 0.717) is 6.07 Å². The summed E-state index contributed by atoms with van der Waals surface area (Å²) in [6.07, 6.45) is 0. The van der Waals surface area contributed by atoms with E-state index in [1.165, 1.54) is 12.1 Å². The first-order valence-corrected chi connectivity index (χ1v) is 9.35. The summed E-state index contributed by atoms with van der Waals surface area (Å²) in [4.78, 5) is -1.22. The van der Waals surface area contributed by atoms with E-state index >= 15 is 0 Å². The molecule has 0 aliphatic rings. The summed E-state index contributed by atoms with van der Waals surface area (Å²) >= 11 is 5.80. The van der Waals surface area contributed by atoms with Crippen molar-refractivity contribution >= 4 is 31.5 Å².